The molecule has 6 aromatic rings. The summed E-state index contributed by atoms with van der Waals surface area (Å²) in [5.41, 5.74) is 1.80. The molecule has 178 valence electrons. The highest BCUT2D eigenvalue weighted by molar-refractivity contribution is 9.10. The van der Waals surface area contributed by atoms with Gasteiger partial charge in [-0.15, -0.1) is 0 Å². The summed E-state index contributed by atoms with van der Waals surface area (Å²) in [6, 6.07) is 17.2. The highest BCUT2D eigenvalue weighted by Gasteiger charge is 2.31. The van der Waals surface area contributed by atoms with Gasteiger partial charge in [-0.2, -0.15) is 13.9 Å². The van der Waals surface area contributed by atoms with E-state index in [-0.39, 0.29) is 11.3 Å². The molecule has 0 unspecified atom stereocenters. The molecular formula is C26H17BrN3O6+. The normalized spacial score (nSPS) is 11.6. The van der Waals surface area contributed by atoms with Crippen molar-refractivity contribution in [3.63, 3.8) is 0 Å². The lowest BCUT2D eigenvalue weighted by Gasteiger charge is -2.11. The second-order valence-electron chi connectivity index (χ2n) is 8.35. The Hall–Kier alpha value is -4.44. The van der Waals surface area contributed by atoms with Gasteiger partial charge in [0.1, 0.15) is 10.9 Å². The molecule has 0 fully saturated rings. The van der Waals surface area contributed by atoms with Crippen molar-refractivity contribution in [3.05, 3.63) is 91.7 Å². The van der Waals surface area contributed by atoms with Gasteiger partial charge in [0, 0.05) is 0 Å². The number of benzene rings is 2. The van der Waals surface area contributed by atoms with Crippen LogP contribution in [0.15, 0.2) is 83.8 Å². The molecule has 0 aliphatic carbocycles. The quantitative estimate of drug-likeness (QED) is 0.334. The summed E-state index contributed by atoms with van der Waals surface area (Å²) in [6.45, 7) is 0. The number of carbonyl (C=O) groups is 1. The van der Waals surface area contributed by atoms with Crippen LogP contribution in [0, 0.1) is 0 Å². The van der Waals surface area contributed by atoms with Crippen molar-refractivity contribution in [2.75, 3.05) is 0 Å². The predicted octanol–water partition coefficient (Wildman–Crippen LogP) is 4.11. The summed E-state index contributed by atoms with van der Waals surface area (Å²) in [5, 5.41) is 9.97. The van der Waals surface area contributed by atoms with Crippen LogP contribution < -0.4 is 15.8 Å². The van der Waals surface area contributed by atoms with Crippen LogP contribution in [0.25, 0.3) is 50.3 Å². The van der Waals surface area contributed by atoms with Crippen LogP contribution >= 0.6 is 15.9 Å². The molecule has 36 heavy (non-hydrogen) atoms. The lowest BCUT2D eigenvalue weighted by atomic mass is 10.1. The number of furan rings is 1. The maximum Gasteiger partial charge on any atom is 0.501 e. The van der Waals surface area contributed by atoms with Gasteiger partial charge >= 0.3 is 17.2 Å². The van der Waals surface area contributed by atoms with Crippen molar-refractivity contribution in [1.82, 2.24) is 8.97 Å². The molecule has 0 radical (unpaired) electrons. The van der Waals surface area contributed by atoms with Gasteiger partial charge in [0.15, 0.2) is 27.3 Å². The topological polar surface area (TPSA) is 111 Å². The van der Waals surface area contributed by atoms with Crippen LogP contribution in [0.3, 0.4) is 0 Å². The monoisotopic (exact) mass is 546 g/mol. The van der Waals surface area contributed by atoms with Gasteiger partial charge in [-0.1, -0.05) is 30.3 Å². The first-order valence-electron chi connectivity index (χ1n) is 10.9. The second-order valence-corrected chi connectivity index (χ2v) is 9.13. The molecule has 0 aliphatic heterocycles. The zero-order valence-corrected chi connectivity index (χ0v) is 20.6. The van der Waals surface area contributed by atoms with Crippen LogP contribution in [0.4, 0.5) is 0 Å². The van der Waals surface area contributed by atoms with Crippen molar-refractivity contribution in [3.8, 4) is 22.8 Å². The molecule has 0 aliphatic rings. The van der Waals surface area contributed by atoms with E-state index in [4.69, 9.17) is 8.83 Å². The molecule has 0 atom stereocenters. The second kappa shape index (κ2) is 7.79. The van der Waals surface area contributed by atoms with E-state index in [1.165, 1.54) is 23.7 Å². The highest BCUT2D eigenvalue weighted by Crippen LogP contribution is 2.40. The van der Waals surface area contributed by atoms with Crippen LogP contribution in [-0.2, 0) is 14.1 Å². The molecule has 1 N–H and O–H groups in total. The first-order chi connectivity index (χ1) is 17.3. The van der Waals surface area contributed by atoms with Crippen LogP contribution in [0.5, 0.6) is 0 Å². The summed E-state index contributed by atoms with van der Waals surface area (Å²) in [7, 11) is 3.01. The average Bonchev–Trinajstić information content (AvgIpc) is 3.48. The number of aromatic nitrogens is 3. The third-order valence-electron chi connectivity index (χ3n) is 6.29. The van der Waals surface area contributed by atoms with Gasteiger partial charge in [-0.25, -0.2) is 9.59 Å². The van der Waals surface area contributed by atoms with Crippen molar-refractivity contribution in [2.45, 2.75) is 0 Å². The van der Waals surface area contributed by atoms with E-state index < -0.39 is 17.2 Å². The number of fused-ring (bicyclic) bond motifs is 5. The minimum atomic E-state index is -1.11. The predicted molar refractivity (Wildman–Crippen MR) is 135 cm³/mol. The Morgan fingerprint density at radius 3 is 2.44 bits per heavy atom. The lowest BCUT2D eigenvalue weighted by molar-refractivity contribution is -0.664. The highest BCUT2D eigenvalue weighted by atomic mass is 79.9. The van der Waals surface area contributed by atoms with E-state index >= 15 is 0 Å². The van der Waals surface area contributed by atoms with E-state index in [2.05, 4.69) is 15.9 Å². The third-order valence-corrected chi connectivity index (χ3v) is 6.72. The maximum absolute atomic E-state index is 13.6. The zero-order chi connectivity index (χ0) is 25.3. The van der Waals surface area contributed by atoms with Crippen LogP contribution in [0.2, 0.25) is 0 Å². The van der Waals surface area contributed by atoms with Crippen molar-refractivity contribution >= 4 is 49.4 Å². The smallest absolute Gasteiger partial charge is 0.478 e. The number of hydrogen-bond acceptors (Lipinski definition) is 5. The van der Waals surface area contributed by atoms with Crippen molar-refractivity contribution in [2.24, 2.45) is 14.1 Å². The minimum absolute atomic E-state index is 0.0473. The minimum Gasteiger partial charge on any atom is -0.478 e. The molecule has 0 amide bonds. The van der Waals surface area contributed by atoms with Crippen LogP contribution in [-0.4, -0.2) is 20.0 Å². The number of carboxylic acids is 1. The first kappa shape index (κ1) is 22.1. The third kappa shape index (κ3) is 3.01. The Balaban J connectivity index is 2.01. The molecule has 2 aromatic carbocycles. The number of aryl methyl sites for hydroxylation is 1. The zero-order valence-electron chi connectivity index (χ0n) is 19.0. The molecule has 9 nitrogen and oxygen atoms in total. The molecule has 6 rings (SSSR count). The van der Waals surface area contributed by atoms with Gasteiger partial charge < -0.3 is 13.9 Å². The van der Waals surface area contributed by atoms with Crippen molar-refractivity contribution < 1.29 is 23.3 Å². The van der Waals surface area contributed by atoms with Gasteiger partial charge in [0.2, 0.25) is 0 Å². The summed E-state index contributed by atoms with van der Waals surface area (Å²) >= 11 is 3.32. The van der Waals surface area contributed by atoms with Crippen molar-refractivity contribution in [1.29, 1.82) is 0 Å². The molecule has 0 saturated heterocycles. The fraction of sp³-hybridized carbons (Fsp3) is 0.0769. The Kier molecular flexibility index (Phi) is 4.77. The summed E-state index contributed by atoms with van der Waals surface area (Å²) in [5.74, 6) is -0.458. The van der Waals surface area contributed by atoms with E-state index in [1.54, 1.807) is 29.6 Å². The van der Waals surface area contributed by atoms with E-state index in [1.807, 2.05) is 30.3 Å². The largest absolute Gasteiger partial charge is 0.501 e. The summed E-state index contributed by atoms with van der Waals surface area (Å²) in [4.78, 5) is 38.5. The van der Waals surface area contributed by atoms with E-state index in [0.717, 1.165) is 4.57 Å². The molecule has 10 heteroatoms. The van der Waals surface area contributed by atoms with Gasteiger partial charge in [-0.3, -0.25) is 4.40 Å². The van der Waals surface area contributed by atoms with Gasteiger partial charge in [0.05, 0.1) is 30.9 Å². The Morgan fingerprint density at radius 1 is 1.03 bits per heavy atom. The standard InChI is InChI=1S/C26H16BrN3O6/c1-28-21-19(24(31)29(2)26(28)34)20(13-6-4-3-5-7-13)30-15-12-14(25(32)33)8-9-16(15)36-23(22(21)30)17-10-11-18(27)35-17/h3-12H,1-2H3/p+1. The lowest BCUT2D eigenvalue weighted by Crippen LogP contribution is -2.55. The number of aromatic carboxylic acids is 1. The molecule has 4 aromatic heterocycles. The van der Waals surface area contributed by atoms with E-state index in [9.17, 15) is 19.5 Å². The van der Waals surface area contributed by atoms with Gasteiger partial charge in [-0.05, 0) is 51.8 Å². The Labute approximate surface area is 210 Å². The molecule has 0 saturated carbocycles. The SMILES string of the molecule is Cn1c(=O)c2c(-c3ccccc3)n3c4cc(C(=O)O)ccc4oc(-c4ccc(Br)o4)c3c2[n+](C)c1=O. The number of hydrogen-bond donors (Lipinski definition) is 1. The molecular weight excluding hydrogens is 530 g/mol. The fourth-order valence-corrected chi connectivity index (χ4v) is 4.96. The number of rotatable bonds is 3. The molecule has 4 heterocycles. The van der Waals surface area contributed by atoms with Gasteiger partial charge in [0.25, 0.3) is 0 Å². The Bertz CT molecular complexity index is 2000. The summed E-state index contributed by atoms with van der Waals surface area (Å²) in [6.07, 6.45) is 0. The number of nitrogens with zero attached hydrogens (tertiary/aromatic N) is 3. The Morgan fingerprint density at radius 2 is 1.78 bits per heavy atom. The maximum atomic E-state index is 13.6. The molecule has 0 bridgehead atoms. The average molecular weight is 547 g/mol. The first-order valence-corrected chi connectivity index (χ1v) is 11.7. The number of halogens is 1. The summed E-state index contributed by atoms with van der Waals surface area (Å²) < 4.78 is 16.8. The van der Waals surface area contributed by atoms with E-state index in [0.29, 0.717) is 49.2 Å². The number of carboxylic acid groups (broad SMARTS) is 1. The van der Waals surface area contributed by atoms with Crippen LogP contribution in [0.1, 0.15) is 10.4 Å². The fourth-order valence-electron chi connectivity index (χ4n) is 4.66. The molecule has 0 spiro atoms.